The summed E-state index contributed by atoms with van der Waals surface area (Å²) in [5, 5.41) is 18.3. The van der Waals surface area contributed by atoms with Crippen LogP contribution in [0.2, 0.25) is 0 Å². The molecule has 9 nitrogen and oxygen atoms in total. The number of phenolic OH excluding ortho intramolecular Hbond substituents is 1. The van der Waals surface area contributed by atoms with E-state index in [1.807, 2.05) is 0 Å². The van der Waals surface area contributed by atoms with E-state index in [4.69, 9.17) is 9.84 Å². The van der Waals surface area contributed by atoms with Crippen LogP contribution in [0.5, 0.6) is 5.75 Å². The number of aromatic hydroxyl groups is 1. The van der Waals surface area contributed by atoms with Gasteiger partial charge in [-0.3, -0.25) is 14.5 Å². The second kappa shape index (κ2) is 5.84. The minimum atomic E-state index is -1.66. The maximum absolute atomic E-state index is 12.2. The number of likely N-dealkylation sites (tertiary alicyclic amines) is 1. The third kappa shape index (κ3) is 2.64. The van der Waals surface area contributed by atoms with Crippen molar-refractivity contribution in [1.29, 1.82) is 0 Å². The highest BCUT2D eigenvalue weighted by Crippen LogP contribution is 2.31. The first kappa shape index (κ1) is 15.8. The highest BCUT2D eigenvalue weighted by atomic mass is 16.6. The number of nitrogens with zero attached hydrogens (tertiary/aromatic N) is 2. The fraction of sp³-hybridized carbons (Fsp3) is 0.333. The number of benzene rings is 1. The average Bonchev–Trinajstić information content (AvgIpc) is 2.89. The zero-order valence-electron chi connectivity index (χ0n) is 12.4. The highest BCUT2D eigenvalue weighted by molar-refractivity contribution is 6.12. The van der Waals surface area contributed by atoms with E-state index >= 15 is 0 Å². The summed E-state index contributed by atoms with van der Waals surface area (Å²) in [5.74, 6) is -1.67. The third-order valence-electron chi connectivity index (χ3n) is 4.06. The van der Waals surface area contributed by atoms with Crippen molar-refractivity contribution in [2.24, 2.45) is 0 Å². The molecule has 2 aliphatic rings. The van der Waals surface area contributed by atoms with Crippen LogP contribution in [-0.2, 0) is 14.3 Å². The van der Waals surface area contributed by atoms with Crippen LogP contribution in [0.15, 0.2) is 24.3 Å². The predicted octanol–water partition coefficient (Wildman–Crippen LogP) is 1.08. The number of carboxylic acid groups (broad SMARTS) is 1. The van der Waals surface area contributed by atoms with Gasteiger partial charge in [0, 0.05) is 6.42 Å². The lowest BCUT2D eigenvalue weighted by Gasteiger charge is -2.31. The van der Waals surface area contributed by atoms with Gasteiger partial charge in [0.25, 0.3) is 5.91 Å². The molecule has 2 heterocycles. The minimum absolute atomic E-state index is 0.0544. The number of amides is 4. The molecular weight excluding hydrogens is 320 g/mol. The molecule has 2 atom stereocenters. The smallest absolute Gasteiger partial charge is 0.421 e. The Labute approximate surface area is 136 Å². The predicted molar refractivity (Wildman–Crippen MR) is 76.9 cm³/mol. The molecule has 2 saturated heterocycles. The number of carbonyl (C=O) groups excluding carboxylic acids is 3. The van der Waals surface area contributed by atoms with E-state index < -0.39 is 36.1 Å². The van der Waals surface area contributed by atoms with Crippen molar-refractivity contribution < 1.29 is 34.1 Å². The number of hydrogen-bond acceptors (Lipinski definition) is 6. The van der Waals surface area contributed by atoms with Gasteiger partial charge in [0.2, 0.25) is 5.91 Å². The molecule has 126 valence electrons. The largest absolute Gasteiger partial charge is 0.508 e. The summed E-state index contributed by atoms with van der Waals surface area (Å²) in [6, 6.07) is 5.03. The Bertz CT molecular complexity index is 715. The van der Waals surface area contributed by atoms with E-state index in [1.165, 1.54) is 12.1 Å². The number of carbonyl (C=O) groups is 4. The Morgan fingerprint density at radius 2 is 1.83 bits per heavy atom. The zero-order valence-corrected chi connectivity index (χ0v) is 12.4. The topological polar surface area (TPSA) is 124 Å². The van der Waals surface area contributed by atoms with Crippen molar-refractivity contribution in [1.82, 2.24) is 9.80 Å². The first-order valence-electron chi connectivity index (χ1n) is 7.24. The van der Waals surface area contributed by atoms with Crippen LogP contribution >= 0.6 is 0 Å². The SMILES string of the molecule is O=C(O)N1C(=O)CCC(N2CC(c3ccc(O)cc3)OC2=O)C1=O. The van der Waals surface area contributed by atoms with E-state index in [-0.39, 0.29) is 30.0 Å². The summed E-state index contributed by atoms with van der Waals surface area (Å²) in [4.78, 5) is 48.2. The molecule has 1 aromatic carbocycles. The number of phenols is 1. The Morgan fingerprint density at radius 3 is 2.46 bits per heavy atom. The van der Waals surface area contributed by atoms with E-state index in [0.29, 0.717) is 5.56 Å². The van der Waals surface area contributed by atoms with Crippen molar-refractivity contribution in [3.8, 4) is 5.75 Å². The standard InChI is InChI=1S/C15H14N2O7/c18-9-3-1-8(2-4-9)11-7-16(15(23)24-11)10-5-6-12(19)17(13(10)20)14(21)22/h1-4,10-11,18H,5-7H2,(H,21,22). The Balaban J connectivity index is 1.79. The molecule has 0 aliphatic carbocycles. The summed E-state index contributed by atoms with van der Waals surface area (Å²) in [6.45, 7) is 0.0572. The monoisotopic (exact) mass is 334 g/mol. The summed E-state index contributed by atoms with van der Waals surface area (Å²) >= 11 is 0. The molecule has 1 aromatic rings. The maximum atomic E-state index is 12.2. The number of ether oxygens (including phenoxy) is 1. The fourth-order valence-corrected chi connectivity index (χ4v) is 2.85. The second-order valence-electron chi connectivity index (χ2n) is 5.52. The Hall–Kier alpha value is -3.10. The van der Waals surface area contributed by atoms with Gasteiger partial charge in [-0.15, -0.1) is 0 Å². The number of piperidine rings is 1. The molecular formula is C15H14N2O7. The summed E-state index contributed by atoms with van der Waals surface area (Å²) in [5.41, 5.74) is 0.637. The molecule has 2 aliphatic heterocycles. The second-order valence-corrected chi connectivity index (χ2v) is 5.52. The van der Waals surface area contributed by atoms with E-state index in [1.54, 1.807) is 12.1 Å². The van der Waals surface area contributed by atoms with Crippen LogP contribution in [0.25, 0.3) is 0 Å². The van der Waals surface area contributed by atoms with E-state index in [9.17, 15) is 24.3 Å². The molecule has 24 heavy (non-hydrogen) atoms. The Morgan fingerprint density at radius 1 is 1.17 bits per heavy atom. The van der Waals surface area contributed by atoms with Gasteiger partial charge in [-0.05, 0) is 24.1 Å². The van der Waals surface area contributed by atoms with Gasteiger partial charge in [0.15, 0.2) is 0 Å². The van der Waals surface area contributed by atoms with Crippen molar-refractivity contribution in [3.63, 3.8) is 0 Å². The molecule has 0 saturated carbocycles. The minimum Gasteiger partial charge on any atom is -0.508 e. The van der Waals surface area contributed by atoms with Crippen molar-refractivity contribution in [2.45, 2.75) is 25.0 Å². The number of imide groups is 3. The lowest BCUT2D eigenvalue weighted by Crippen LogP contribution is -2.56. The zero-order chi connectivity index (χ0) is 17.4. The first-order chi connectivity index (χ1) is 11.4. The van der Waals surface area contributed by atoms with Crippen LogP contribution in [-0.4, -0.2) is 56.6 Å². The molecule has 9 heteroatoms. The maximum Gasteiger partial charge on any atom is 0.421 e. The van der Waals surface area contributed by atoms with E-state index in [0.717, 1.165) is 4.90 Å². The molecule has 3 rings (SSSR count). The normalized spacial score (nSPS) is 24.2. The number of hydrogen-bond donors (Lipinski definition) is 2. The van der Waals surface area contributed by atoms with Crippen LogP contribution in [0.4, 0.5) is 9.59 Å². The van der Waals surface area contributed by atoms with Gasteiger partial charge >= 0.3 is 12.2 Å². The molecule has 0 aromatic heterocycles. The highest BCUT2D eigenvalue weighted by Gasteiger charge is 2.46. The summed E-state index contributed by atoms with van der Waals surface area (Å²) in [7, 11) is 0. The number of rotatable bonds is 2. The lowest BCUT2D eigenvalue weighted by molar-refractivity contribution is -0.148. The molecule has 0 radical (unpaired) electrons. The average molecular weight is 334 g/mol. The first-order valence-corrected chi connectivity index (χ1v) is 7.24. The van der Waals surface area contributed by atoms with Gasteiger partial charge in [-0.1, -0.05) is 12.1 Å². The lowest BCUT2D eigenvalue weighted by atomic mass is 10.0. The quantitative estimate of drug-likeness (QED) is 0.775. The summed E-state index contributed by atoms with van der Waals surface area (Å²) in [6.07, 6.45) is -3.12. The van der Waals surface area contributed by atoms with Crippen molar-refractivity contribution in [3.05, 3.63) is 29.8 Å². The van der Waals surface area contributed by atoms with Gasteiger partial charge in [-0.25, -0.2) is 9.59 Å². The fourth-order valence-electron chi connectivity index (χ4n) is 2.85. The molecule has 4 amide bonds. The Kier molecular flexibility index (Phi) is 3.84. The van der Waals surface area contributed by atoms with Crippen molar-refractivity contribution >= 4 is 24.0 Å². The molecule has 0 spiro atoms. The van der Waals surface area contributed by atoms with Gasteiger partial charge in [-0.2, -0.15) is 4.90 Å². The van der Waals surface area contributed by atoms with E-state index in [2.05, 4.69) is 0 Å². The van der Waals surface area contributed by atoms with Crippen molar-refractivity contribution in [2.75, 3.05) is 6.54 Å². The molecule has 2 fully saturated rings. The molecule has 0 bridgehead atoms. The molecule has 2 unspecified atom stereocenters. The van der Waals surface area contributed by atoms with Crippen LogP contribution in [0, 0.1) is 0 Å². The summed E-state index contributed by atoms with van der Waals surface area (Å²) < 4.78 is 5.23. The number of cyclic esters (lactones) is 1. The molecule has 2 N–H and O–H groups in total. The van der Waals surface area contributed by atoms with Crippen LogP contribution in [0.3, 0.4) is 0 Å². The van der Waals surface area contributed by atoms with Crippen LogP contribution < -0.4 is 0 Å². The van der Waals surface area contributed by atoms with Gasteiger partial charge in [0.1, 0.15) is 17.9 Å². The third-order valence-corrected chi connectivity index (χ3v) is 4.06. The van der Waals surface area contributed by atoms with Gasteiger partial charge in [0.05, 0.1) is 6.54 Å². The van der Waals surface area contributed by atoms with Gasteiger partial charge < -0.3 is 14.9 Å². The van der Waals surface area contributed by atoms with Crippen LogP contribution in [0.1, 0.15) is 24.5 Å².